The smallest absolute Gasteiger partial charge is 0.253 e. The minimum atomic E-state index is -0.491. The average Bonchev–Trinajstić information content (AvgIpc) is 3.57. The summed E-state index contributed by atoms with van der Waals surface area (Å²) in [4.78, 5) is 112. The summed E-state index contributed by atoms with van der Waals surface area (Å²) in [5.74, 6) is -4.03. The molecular weight excluding hydrogens is 566 g/mol. The van der Waals surface area contributed by atoms with E-state index in [1.807, 2.05) is 0 Å². The van der Waals surface area contributed by atoms with Gasteiger partial charge in [-0.3, -0.25) is 62.8 Å². The van der Waals surface area contributed by atoms with Gasteiger partial charge in [-0.2, -0.15) is 0 Å². The number of rotatable bonds is 18. The van der Waals surface area contributed by atoms with Gasteiger partial charge in [0.25, 0.3) is 35.4 Å². The van der Waals surface area contributed by atoms with Gasteiger partial charge in [-0.15, -0.1) is 0 Å². The SMILES string of the molecule is O=C(CN(CC(=O)NCCCN1C(=O)C=CC1=O)CC(=O)NCCCN1C(=O)C=CC1=O)NCCCN1C(=O)C=CC1=O. The van der Waals surface area contributed by atoms with Gasteiger partial charge in [0.1, 0.15) is 0 Å². The maximum absolute atomic E-state index is 12.6. The van der Waals surface area contributed by atoms with E-state index in [0.29, 0.717) is 19.3 Å². The highest BCUT2D eigenvalue weighted by atomic mass is 16.2. The number of hydrogen-bond acceptors (Lipinski definition) is 10. The Balaban J connectivity index is 1.42. The van der Waals surface area contributed by atoms with Crippen LogP contribution in [0.1, 0.15) is 19.3 Å². The van der Waals surface area contributed by atoms with Gasteiger partial charge in [0.2, 0.25) is 17.7 Å². The number of carbonyl (C=O) groups excluding carboxylic acids is 9. The van der Waals surface area contributed by atoms with Crippen molar-refractivity contribution < 1.29 is 43.2 Å². The van der Waals surface area contributed by atoms with E-state index in [1.165, 1.54) is 41.4 Å². The molecule has 9 amide bonds. The summed E-state index contributed by atoms with van der Waals surface area (Å²) in [5.41, 5.74) is 0. The highest BCUT2D eigenvalue weighted by Crippen LogP contribution is 2.05. The summed E-state index contributed by atoms with van der Waals surface area (Å²) < 4.78 is 0. The van der Waals surface area contributed by atoms with Gasteiger partial charge in [0.15, 0.2) is 0 Å². The molecule has 0 aromatic rings. The normalized spacial score (nSPS) is 16.0. The largest absolute Gasteiger partial charge is 0.355 e. The molecule has 0 radical (unpaired) electrons. The molecule has 0 atom stereocenters. The lowest BCUT2D eigenvalue weighted by atomic mass is 10.3. The van der Waals surface area contributed by atoms with E-state index < -0.39 is 53.2 Å². The third kappa shape index (κ3) is 10.1. The van der Waals surface area contributed by atoms with E-state index in [9.17, 15) is 43.2 Å². The molecule has 0 fully saturated rings. The van der Waals surface area contributed by atoms with Crippen LogP contribution in [-0.4, -0.2) is 132 Å². The average molecular weight is 600 g/mol. The van der Waals surface area contributed by atoms with Gasteiger partial charge in [0, 0.05) is 75.7 Å². The quantitative estimate of drug-likeness (QED) is 0.105. The van der Waals surface area contributed by atoms with Crippen LogP contribution in [0, 0.1) is 0 Å². The molecule has 16 nitrogen and oxygen atoms in total. The third-order valence-electron chi connectivity index (χ3n) is 6.45. The topological polar surface area (TPSA) is 203 Å². The second-order valence-corrected chi connectivity index (χ2v) is 9.74. The van der Waals surface area contributed by atoms with E-state index in [2.05, 4.69) is 16.0 Å². The molecular formula is C27H33N7O9. The van der Waals surface area contributed by atoms with Crippen molar-refractivity contribution in [3.8, 4) is 0 Å². The van der Waals surface area contributed by atoms with Crippen LogP contribution in [0.15, 0.2) is 36.5 Å². The van der Waals surface area contributed by atoms with Crippen LogP contribution in [0.3, 0.4) is 0 Å². The molecule has 230 valence electrons. The number of nitrogens with zero attached hydrogens (tertiary/aromatic N) is 4. The molecule has 0 aliphatic carbocycles. The first-order chi connectivity index (χ1) is 20.5. The van der Waals surface area contributed by atoms with Crippen molar-refractivity contribution in [2.45, 2.75) is 19.3 Å². The first kappa shape index (κ1) is 32.5. The lowest BCUT2D eigenvalue weighted by Gasteiger charge is -2.21. The molecule has 3 rings (SSSR count). The zero-order valence-electron chi connectivity index (χ0n) is 23.4. The van der Waals surface area contributed by atoms with Gasteiger partial charge < -0.3 is 16.0 Å². The van der Waals surface area contributed by atoms with E-state index in [4.69, 9.17) is 0 Å². The summed E-state index contributed by atoms with van der Waals surface area (Å²) in [7, 11) is 0. The minimum absolute atomic E-state index is 0.120. The fraction of sp³-hybridized carbons (Fsp3) is 0.444. The van der Waals surface area contributed by atoms with Gasteiger partial charge in [0.05, 0.1) is 19.6 Å². The summed E-state index contributed by atoms with van der Waals surface area (Å²) in [5, 5.41) is 7.90. The van der Waals surface area contributed by atoms with E-state index in [1.54, 1.807) is 0 Å². The van der Waals surface area contributed by atoms with Crippen LogP contribution in [0.5, 0.6) is 0 Å². The highest BCUT2D eigenvalue weighted by molar-refractivity contribution is 6.14. The summed E-state index contributed by atoms with van der Waals surface area (Å²) in [6.07, 6.45) is 7.92. The predicted molar refractivity (Wildman–Crippen MR) is 147 cm³/mol. The Hall–Kier alpha value is -4.99. The highest BCUT2D eigenvalue weighted by Gasteiger charge is 2.25. The maximum atomic E-state index is 12.6. The van der Waals surface area contributed by atoms with Crippen molar-refractivity contribution in [3.63, 3.8) is 0 Å². The Bertz CT molecular complexity index is 1070. The van der Waals surface area contributed by atoms with Crippen molar-refractivity contribution in [2.75, 3.05) is 58.9 Å². The molecule has 0 saturated heterocycles. The number of carbonyl (C=O) groups is 9. The van der Waals surface area contributed by atoms with E-state index in [0.717, 1.165) is 14.7 Å². The van der Waals surface area contributed by atoms with Crippen molar-refractivity contribution in [1.29, 1.82) is 0 Å². The molecule has 0 aromatic heterocycles. The molecule has 3 aliphatic heterocycles. The number of imide groups is 3. The molecule has 0 spiro atoms. The molecule has 0 unspecified atom stereocenters. The summed E-state index contributed by atoms with van der Waals surface area (Å²) in [6, 6.07) is 0. The van der Waals surface area contributed by atoms with Crippen molar-refractivity contribution >= 4 is 53.2 Å². The van der Waals surface area contributed by atoms with Crippen molar-refractivity contribution in [1.82, 2.24) is 35.6 Å². The van der Waals surface area contributed by atoms with E-state index in [-0.39, 0.29) is 58.9 Å². The van der Waals surface area contributed by atoms with Crippen LogP contribution < -0.4 is 16.0 Å². The molecule has 16 heteroatoms. The molecule has 3 N–H and O–H groups in total. The van der Waals surface area contributed by atoms with Gasteiger partial charge in [-0.05, 0) is 19.3 Å². The van der Waals surface area contributed by atoms with Crippen molar-refractivity contribution in [2.24, 2.45) is 0 Å². The lowest BCUT2D eigenvalue weighted by molar-refractivity contribution is -0.138. The predicted octanol–water partition coefficient (Wildman–Crippen LogP) is -3.42. The second-order valence-electron chi connectivity index (χ2n) is 9.74. The fourth-order valence-corrected chi connectivity index (χ4v) is 4.29. The van der Waals surface area contributed by atoms with E-state index >= 15 is 0 Å². The number of amides is 9. The Morgan fingerprint density at radius 2 is 0.698 bits per heavy atom. The first-order valence-corrected chi connectivity index (χ1v) is 13.7. The molecule has 0 saturated carbocycles. The fourth-order valence-electron chi connectivity index (χ4n) is 4.29. The van der Waals surface area contributed by atoms with Crippen molar-refractivity contribution in [3.05, 3.63) is 36.5 Å². The maximum Gasteiger partial charge on any atom is 0.253 e. The molecule has 3 heterocycles. The molecule has 0 aromatic carbocycles. The Morgan fingerprint density at radius 1 is 0.465 bits per heavy atom. The van der Waals surface area contributed by atoms with Crippen LogP contribution >= 0.6 is 0 Å². The molecule has 0 bridgehead atoms. The Labute approximate surface area is 246 Å². The minimum Gasteiger partial charge on any atom is -0.355 e. The summed E-state index contributed by atoms with van der Waals surface area (Å²) in [6.45, 7) is -0.133. The first-order valence-electron chi connectivity index (χ1n) is 13.7. The van der Waals surface area contributed by atoms with Crippen LogP contribution in [0.2, 0.25) is 0 Å². The van der Waals surface area contributed by atoms with Gasteiger partial charge >= 0.3 is 0 Å². The van der Waals surface area contributed by atoms with Crippen LogP contribution in [0.25, 0.3) is 0 Å². The Morgan fingerprint density at radius 3 is 0.930 bits per heavy atom. The van der Waals surface area contributed by atoms with Gasteiger partial charge in [-0.1, -0.05) is 0 Å². The number of nitrogens with one attached hydrogen (secondary N) is 3. The number of hydrogen-bond donors (Lipinski definition) is 3. The molecule has 43 heavy (non-hydrogen) atoms. The van der Waals surface area contributed by atoms with Crippen LogP contribution in [0.4, 0.5) is 0 Å². The zero-order chi connectivity index (χ0) is 31.4. The Kier molecular flexibility index (Phi) is 12.0. The van der Waals surface area contributed by atoms with Crippen LogP contribution in [-0.2, 0) is 43.2 Å². The monoisotopic (exact) mass is 599 g/mol. The molecule has 3 aliphatic rings. The second kappa shape index (κ2) is 15.9. The zero-order valence-corrected chi connectivity index (χ0v) is 23.4. The summed E-state index contributed by atoms with van der Waals surface area (Å²) >= 11 is 0. The third-order valence-corrected chi connectivity index (χ3v) is 6.45. The van der Waals surface area contributed by atoms with Gasteiger partial charge in [-0.25, -0.2) is 0 Å². The standard InChI is InChI=1S/C27H33N7O9/c35-19(28-10-1-13-32-22(38)4-5-23(32)39)16-31(17-20(36)29-11-2-14-33-24(40)6-7-25(33)41)18-21(37)30-12-3-15-34-26(42)8-9-27(34)43/h4-9H,1-3,10-18H2,(H,28,35)(H,29,36)(H,30,37). The lowest BCUT2D eigenvalue weighted by Crippen LogP contribution is -2.47.